The third-order valence-corrected chi connectivity index (χ3v) is 6.17. The summed E-state index contributed by atoms with van der Waals surface area (Å²) in [5.74, 6) is 2.35. The molecule has 2 N–H and O–H groups in total. The Hall–Kier alpha value is -2.03. The maximum atomic E-state index is 5.57. The Morgan fingerprint density at radius 2 is 1.81 bits per heavy atom. The zero-order valence-electron chi connectivity index (χ0n) is 19.0. The zero-order chi connectivity index (χ0) is 21.4. The molecule has 0 amide bonds. The molecule has 7 heteroatoms. The van der Waals surface area contributed by atoms with E-state index < -0.39 is 0 Å². The maximum absolute atomic E-state index is 5.57. The summed E-state index contributed by atoms with van der Waals surface area (Å²) in [5.41, 5.74) is 3.56. The first-order valence-corrected chi connectivity index (χ1v) is 10.7. The molecule has 1 aromatic heterocycles. The van der Waals surface area contributed by atoms with Crippen molar-refractivity contribution in [1.82, 2.24) is 15.6 Å². The summed E-state index contributed by atoms with van der Waals surface area (Å²) in [5, 5.41) is 6.98. The number of hydrogen-bond donors (Lipinski definition) is 2. The Morgan fingerprint density at radius 1 is 1.06 bits per heavy atom. The van der Waals surface area contributed by atoms with Crippen LogP contribution in [0, 0.1) is 6.92 Å². The van der Waals surface area contributed by atoms with E-state index in [2.05, 4.69) is 45.7 Å². The van der Waals surface area contributed by atoms with E-state index in [9.17, 15) is 0 Å². The van der Waals surface area contributed by atoms with Crippen LogP contribution in [0.15, 0.2) is 41.5 Å². The quantitative estimate of drug-likeness (QED) is 0.307. The molecule has 170 valence electrons. The van der Waals surface area contributed by atoms with Crippen LogP contribution in [0.25, 0.3) is 0 Å². The lowest BCUT2D eigenvalue weighted by Crippen LogP contribution is -2.46. The van der Waals surface area contributed by atoms with Gasteiger partial charge in [-0.2, -0.15) is 0 Å². The predicted molar refractivity (Wildman–Crippen MR) is 137 cm³/mol. The fourth-order valence-electron chi connectivity index (χ4n) is 4.31. The van der Waals surface area contributed by atoms with Crippen molar-refractivity contribution in [3.05, 3.63) is 53.3 Å². The van der Waals surface area contributed by atoms with Gasteiger partial charge in [-0.1, -0.05) is 31.4 Å². The highest BCUT2D eigenvalue weighted by Crippen LogP contribution is 2.42. The molecule has 1 aliphatic carbocycles. The lowest BCUT2D eigenvalue weighted by atomic mass is 9.69. The number of methoxy groups -OCH3 is 2. The largest absolute Gasteiger partial charge is 0.493 e. The van der Waals surface area contributed by atoms with Crippen molar-refractivity contribution in [2.45, 2.75) is 51.0 Å². The number of halogens is 1. The summed E-state index contributed by atoms with van der Waals surface area (Å²) >= 11 is 0. The minimum absolute atomic E-state index is 0. The molecule has 0 unspecified atom stereocenters. The number of nitrogens with zero attached hydrogens (tertiary/aromatic N) is 2. The average Bonchev–Trinajstić information content (AvgIpc) is 2.80. The number of hydrogen-bond acceptors (Lipinski definition) is 4. The van der Waals surface area contributed by atoms with Gasteiger partial charge in [-0.25, -0.2) is 0 Å². The molecule has 0 saturated heterocycles. The number of aryl methyl sites for hydroxylation is 1. The third kappa shape index (κ3) is 6.24. The van der Waals surface area contributed by atoms with Crippen molar-refractivity contribution in [2.24, 2.45) is 4.99 Å². The Labute approximate surface area is 203 Å². The van der Waals surface area contributed by atoms with Gasteiger partial charge < -0.3 is 20.1 Å². The molecule has 6 nitrogen and oxygen atoms in total. The fourth-order valence-corrected chi connectivity index (χ4v) is 4.31. The molecule has 0 radical (unpaired) electrons. The second-order valence-electron chi connectivity index (χ2n) is 7.96. The van der Waals surface area contributed by atoms with Crippen LogP contribution in [0.1, 0.15) is 48.9 Å². The smallest absolute Gasteiger partial charge is 0.191 e. The molecule has 0 atom stereocenters. The number of pyridine rings is 1. The van der Waals surface area contributed by atoms with Crippen LogP contribution >= 0.6 is 24.0 Å². The molecule has 1 heterocycles. The molecule has 3 rings (SSSR count). The van der Waals surface area contributed by atoms with E-state index in [-0.39, 0.29) is 29.4 Å². The Balaban J connectivity index is 0.00000341. The van der Waals surface area contributed by atoms with Crippen LogP contribution < -0.4 is 20.1 Å². The van der Waals surface area contributed by atoms with Crippen molar-refractivity contribution < 1.29 is 9.47 Å². The van der Waals surface area contributed by atoms with Gasteiger partial charge in [0.15, 0.2) is 17.5 Å². The van der Waals surface area contributed by atoms with Gasteiger partial charge in [0.2, 0.25) is 0 Å². The fraction of sp³-hybridized carbons (Fsp3) is 0.500. The van der Waals surface area contributed by atoms with Gasteiger partial charge in [0.05, 0.1) is 26.5 Å². The highest BCUT2D eigenvalue weighted by atomic mass is 127. The van der Waals surface area contributed by atoms with E-state index in [1.165, 1.54) is 30.4 Å². The number of benzene rings is 1. The highest BCUT2D eigenvalue weighted by molar-refractivity contribution is 14.0. The number of rotatable bonds is 7. The molecule has 0 spiro atoms. The van der Waals surface area contributed by atoms with Crippen molar-refractivity contribution >= 4 is 29.9 Å². The minimum Gasteiger partial charge on any atom is -0.493 e. The second kappa shape index (κ2) is 12.1. The molecule has 2 aromatic rings. The van der Waals surface area contributed by atoms with E-state index in [4.69, 9.17) is 9.47 Å². The summed E-state index contributed by atoms with van der Waals surface area (Å²) in [6, 6.07) is 10.4. The summed E-state index contributed by atoms with van der Waals surface area (Å²) in [6.45, 7) is 3.55. The predicted octanol–water partition coefficient (Wildman–Crippen LogP) is 4.59. The number of aliphatic imine (C=N–C) groups is 1. The normalized spacial score (nSPS) is 15.5. The van der Waals surface area contributed by atoms with Crippen LogP contribution in [-0.4, -0.2) is 38.8 Å². The van der Waals surface area contributed by atoms with Crippen molar-refractivity contribution in [3.8, 4) is 11.5 Å². The van der Waals surface area contributed by atoms with Gasteiger partial charge in [0, 0.05) is 25.2 Å². The van der Waals surface area contributed by atoms with Gasteiger partial charge in [0.25, 0.3) is 0 Å². The standard InChI is InChI=1S/C24H34N4O2.HI/c1-18-9-8-14-26-20(18)16-27-23(25-2)28-17-24(12-6-5-7-13-24)19-10-11-21(29-3)22(15-19)30-4;/h8-11,14-15H,5-7,12-13,16-17H2,1-4H3,(H2,25,27,28);1H. The van der Waals surface area contributed by atoms with E-state index in [0.29, 0.717) is 6.54 Å². The average molecular weight is 538 g/mol. The second-order valence-corrected chi connectivity index (χ2v) is 7.96. The van der Waals surface area contributed by atoms with E-state index in [1.807, 2.05) is 25.4 Å². The molecular formula is C24H35IN4O2. The monoisotopic (exact) mass is 538 g/mol. The van der Waals surface area contributed by atoms with Crippen LogP contribution in [0.3, 0.4) is 0 Å². The Morgan fingerprint density at radius 3 is 2.45 bits per heavy atom. The Kier molecular flexibility index (Phi) is 9.87. The van der Waals surface area contributed by atoms with Crippen molar-refractivity contribution in [3.63, 3.8) is 0 Å². The van der Waals surface area contributed by atoms with Crippen LogP contribution in [0.5, 0.6) is 11.5 Å². The van der Waals surface area contributed by atoms with Gasteiger partial charge in [-0.05, 0) is 49.1 Å². The summed E-state index contributed by atoms with van der Waals surface area (Å²) in [6.07, 6.45) is 7.87. The summed E-state index contributed by atoms with van der Waals surface area (Å²) in [4.78, 5) is 8.89. The Bertz CT molecular complexity index is 866. The van der Waals surface area contributed by atoms with Gasteiger partial charge in [-0.3, -0.25) is 9.98 Å². The van der Waals surface area contributed by atoms with Crippen LogP contribution in [-0.2, 0) is 12.0 Å². The minimum atomic E-state index is 0. The molecule has 1 saturated carbocycles. The molecule has 1 aliphatic rings. The summed E-state index contributed by atoms with van der Waals surface area (Å²) in [7, 11) is 5.18. The number of guanidine groups is 1. The first kappa shape index (κ1) is 25.2. The lowest BCUT2D eigenvalue weighted by molar-refractivity contribution is 0.288. The van der Waals surface area contributed by atoms with Crippen molar-refractivity contribution in [1.29, 1.82) is 0 Å². The molecule has 31 heavy (non-hydrogen) atoms. The number of nitrogens with one attached hydrogen (secondary N) is 2. The topological polar surface area (TPSA) is 67.8 Å². The maximum Gasteiger partial charge on any atom is 0.191 e. The summed E-state index contributed by atoms with van der Waals surface area (Å²) < 4.78 is 11.0. The molecule has 1 aromatic carbocycles. The SMILES string of the molecule is CN=C(NCc1ncccc1C)NCC1(c2ccc(OC)c(OC)c2)CCCCC1.I. The van der Waals surface area contributed by atoms with E-state index in [1.54, 1.807) is 14.2 Å². The first-order chi connectivity index (χ1) is 14.6. The van der Waals surface area contributed by atoms with Crippen molar-refractivity contribution in [2.75, 3.05) is 27.8 Å². The highest BCUT2D eigenvalue weighted by Gasteiger charge is 2.34. The van der Waals surface area contributed by atoms with Crippen LogP contribution in [0.4, 0.5) is 0 Å². The van der Waals surface area contributed by atoms with Gasteiger partial charge in [-0.15, -0.1) is 24.0 Å². The van der Waals surface area contributed by atoms with E-state index in [0.717, 1.165) is 42.5 Å². The first-order valence-electron chi connectivity index (χ1n) is 10.7. The number of aromatic nitrogens is 1. The molecular weight excluding hydrogens is 503 g/mol. The van der Waals surface area contributed by atoms with Gasteiger partial charge >= 0.3 is 0 Å². The molecule has 0 bridgehead atoms. The molecule has 0 aliphatic heterocycles. The van der Waals surface area contributed by atoms with Gasteiger partial charge in [0.1, 0.15) is 0 Å². The van der Waals surface area contributed by atoms with Crippen LogP contribution in [0.2, 0.25) is 0 Å². The lowest BCUT2D eigenvalue weighted by Gasteiger charge is -2.38. The third-order valence-electron chi connectivity index (χ3n) is 6.17. The zero-order valence-corrected chi connectivity index (χ0v) is 21.4. The molecule has 1 fully saturated rings. The van der Waals surface area contributed by atoms with E-state index >= 15 is 0 Å². The number of ether oxygens (including phenoxy) is 2.